The Morgan fingerprint density at radius 3 is 3.38 bits per heavy atom. The van der Waals surface area contributed by atoms with E-state index in [0.29, 0.717) is 12.4 Å². The van der Waals surface area contributed by atoms with Gasteiger partial charge in [-0.1, -0.05) is 0 Å². The van der Waals surface area contributed by atoms with Crippen LogP contribution in [-0.2, 0) is 4.84 Å². The van der Waals surface area contributed by atoms with Crippen LogP contribution < -0.4 is 5.48 Å². The van der Waals surface area contributed by atoms with Crippen molar-refractivity contribution >= 4 is 17.4 Å². The van der Waals surface area contributed by atoms with Crippen LogP contribution in [0.25, 0.3) is 0 Å². The number of isothiocyanates is 1. The maximum absolute atomic E-state index is 4.69. The molecule has 0 unspecified atom stereocenters. The molecule has 0 aromatic heterocycles. The molecule has 42 valence electrons. The number of hydrogen-bond acceptors (Lipinski definition) is 4. The molecule has 0 saturated heterocycles. The van der Waals surface area contributed by atoms with Crippen molar-refractivity contribution in [3.05, 3.63) is 11.9 Å². The molecular formula is C4H4N2OS. The smallest absolute Gasteiger partial charge is 0.158 e. The molecule has 1 aliphatic heterocycles. The topological polar surface area (TPSA) is 33.6 Å². The van der Waals surface area contributed by atoms with Gasteiger partial charge in [-0.25, -0.2) is 5.48 Å². The minimum Gasteiger partial charge on any atom is -0.270 e. The van der Waals surface area contributed by atoms with Gasteiger partial charge in [0.15, 0.2) is 5.82 Å². The highest BCUT2D eigenvalue weighted by molar-refractivity contribution is 7.78. The van der Waals surface area contributed by atoms with Crippen molar-refractivity contribution in [2.24, 2.45) is 4.99 Å². The third kappa shape index (κ3) is 1.13. The number of hydroxylamine groups is 1. The molecule has 1 aliphatic rings. The van der Waals surface area contributed by atoms with E-state index in [0.717, 1.165) is 0 Å². The highest BCUT2D eigenvalue weighted by Crippen LogP contribution is 1.96. The molecule has 0 aromatic carbocycles. The standard InChI is InChI=1S/C4H4N2OS/c8-3-5-4-1-2-7-6-4/h1,6H,2H2. The molecule has 0 aliphatic carbocycles. The summed E-state index contributed by atoms with van der Waals surface area (Å²) in [6.07, 6.45) is 1.78. The van der Waals surface area contributed by atoms with Gasteiger partial charge in [-0.3, -0.25) is 4.84 Å². The molecule has 0 amide bonds. The van der Waals surface area contributed by atoms with Gasteiger partial charge in [0.2, 0.25) is 0 Å². The molecule has 0 aromatic rings. The van der Waals surface area contributed by atoms with Crippen LogP contribution in [0.1, 0.15) is 0 Å². The third-order valence-electron chi connectivity index (χ3n) is 0.703. The molecular weight excluding hydrogens is 124 g/mol. The number of nitrogens with one attached hydrogen (secondary N) is 1. The van der Waals surface area contributed by atoms with Crippen LogP contribution in [0.4, 0.5) is 0 Å². The van der Waals surface area contributed by atoms with E-state index < -0.39 is 0 Å². The van der Waals surface area contributed by atoms with E-state index in [1.54, 1.807) is 6.08 Å². The summed E-state index contributed by atoms with van der Waals surface area (Å²) in [5.74, 6) is 0.639. The van der Waals surface area contributed by atoms with Crippen molar-refractivity contribution < 1.29 is 4.84 Å². The van der Waals surface area contributed by atoms with Crippen molar-refractivity contribution in [1.82, 2.24) is 5.48 Å². The van der Waals surface area contributed by atoms with Crippen LogP contribution in [0.3, 0.4) is 0 Å². The lowest BCUT2D eigenvalue weighted by Gasteiger charge is -1.89. The molecule has 0 fully saturated rings. The molecule has 0 spiro atoms. The molecule has 0 atom stereocenters. The van der Waals surface area contributed by atoms with Gasteiger partial charge >= 0.3 is 0 Å². The largest absolute Gasteiger partial charge is 0.270 e. The minimum absolute atomic E-state index is 0.551. The second-order valence-corrected chi connectivity index (χ2v) is 1.39. The molecule has 8 heavy (non-hydrogen) atoms. The molecule has 0 radical (unpaired) electrons. The number of thiocarbonyl (C=S) groups is 1. The first-order chi connectivity index (χ1) is 3.93. The van der Waals surface area contributed by atoms with Crippen molar-refractivity contribution in [1.29, 1.82) is 0 Å². The molecule has 0 saturated carbocycles. The fourth-order valence-electron chi connectivity index (χ4n) is 0.396. The summed E-state index contributed by atoms with van der Waals surface area (Å²) in [4.78, 5) is 8.30. The number of nitrogens with zero attached hydrogens (tertiary/aromatic N) is 1. The van der Waals surface area contributed by atoms with Crippen molar-refractivity contribution in [3.8, 4) is 0 Å². The first-order valence-electron chi connectivity index (χ1n) is 2.09. The second kappa shape index (κ2) is 2.57. The minimum atomic E-state index is 0.551. The van der Waals surface area contributed by atoms with Crippen LogP contribution in [-0.4, -0.2) is 11.8 Å². The Hall–Kier alpha value is -0.700. The van der Waals surface area contributed by atoms with Gasteiger partial charge in [-0.2, -0.15) is 4.99 Å². The SMILES string of the molecule is S=C=NC1=CCON1. The Morgan fingerprint density at radius 2 is 2.88 bits per heavy atom. The normalized spacial score (nSPS) is 16.2. The van der Waals surface area contributed by atoms with Gasteiger partial charge < -0.3 is 0 Å². The predicted octanol–water partition coefficient (Wildman–Crippen LogP) is 0.465. The average molecular weight is 128 g/mol. The lowest BCUT2D eigenvalue weighted by molar-refractivity contribution is 0.108. The van der Waals surface area contributed by atoms with E-state index in [1.807, 2.05) is 0 Å². The van der Waals surface area contributed by atoms with E-state index in [2.05, 4.69) is 32.7 Å². The predicted molar refractivity (Wildman–Crippen MR) is 32.2 cm³/mol. The Labute approximate surface area is 52.0 Å². The third-order valence-corrected chi connectivity index (χ3v) is 0.794. The van der Waals surface area contributed by atoms with Gasteiger partial charge in [-0.15, -0.1) is 0 Å². The van der Waals surface area contributed by atoms with E-state index in [-0.39, 0.29) is 0 Å². The lowest BCUT2D eigenvalue weighted by atomic mass is 10.6. The Morgan fingerprint density at radius 1 is 2.00 bits per heavy atom. The number of hydrogen-bond donors (Lipinski definition) is 1. The summed E-state index contributed by atoms with van der Waals surface area (Å²) in [5, 5.41) is 2.21. The zero-order valence-corrected chi connectivity index (χ0v) is 4.86. The van der Waals surface area contributed by atoms with Gasteiger partial charge in [-0.05, 0) is 18.3 Å². The van der Waals surface area contributed by atoms with E-state index in [1.165, 1.54) is 0 Å². The van der Waals surface area contributed by atoms with Crippen LogP contribution in [0.2, 0.25) is 0 Å². The molecule has 0 bridgehead atoms. The number of rotatable bonds is 1. The molecule has 1 N–H and O–H groups in total. The van der Waals surface area contributed by atoms with Crippen molar-refractivity contribution in [2.45, 2.75) is 0 Å². The average Bonchev–Trinajstić information content (AvgIpc) is 2.19. The summed E-state index contributed by atoms with van der Waals surface area (Å²) in [7, 11) is 0. The van der Waals surface area contributed by atoms with Gasteiger partial charge in [0.05, 0.1) is 11.8 Å². The quantitative estimate of drug-likeness (QED) is 0.411. The monoisotopic (exact) mass is 128 g/mol. The Bertz CT molecular complexity index is 159. The van der Waals surface area contributed by atoms with Crippen LogP contribution in [0.15, 0.2) is 16.9 Å². The summed E-state index contributed by atoms with van der Waals surface area (Å²) in [5.41, 5.74) is 2.52. The van der Waals surface area contributed by atoms with Gasteiger partial charge in [0.1, 0.15) is 0 Å². The van der Waals surface area contributed by atoms with Crippen molar-refractivity contribution in [3.63, 3.8) is 0 Å². The summed E-state index contributed by atoms with van der Waals surface area (Å²) in [6.45, 7) is 0.551. The summed E-state index contributed by atoms with van der Waals surface area (Å²) >= 11 is 4.34. The van der Waals surface area contributed by atoms with Crippen LogP contribution in [0, 0.1) is 0 Å². The summed E-state index contributed by atoms with van der Waals surface area (Å²) in [6, 6.07) is 0. The first kappa shape index (κ1) is 5.44. The highest BCUT2D eigenvalue weighted by atomic mass is 32.1. The van der Waals surface area contributed by atoms with E-state index in [9.17, 15) is 0 Å². The molecule has 1 heterocycles. The van der Waals surface area contributed by atoms with Crippen LogP contribution in [0.5, 0.6) is 0 Å². The van der Waals surface area contributed by atoms with Gasteiger partial charge in [0.25, 0.3) is 0 Å². The maximum Gasteiger partial charge on any atom is 0.158 e. The fraction of sp³-hybridized carbons (Fsp3) is 0.250. The molecule has 3 nitrogen and oxygen atoms in total. The number of aliphatic imine (C=N–C) groups is 1. The van der Waals surface area contributed by atoms with Crippen LogP contribution >= 0.6 is 12.2 Å². The zero-order valence-electron chi connectivity index (χ0n) is 4.05. The second-order valence-electron chi connectivity index (χ2n) is 1.21. The zero-order chi connectivity index (χ0) is 5.82. The van der Waals surface area contributed by atoms with Crippen molar-refractivity contribution in [2.75, 3.05) is 6.61 Å². The van der Waals surface area contributed by atoms with E-state index >= 15 is 0 Å². The maximum atomic E-state index is 4.69. The highest BCUT2D eigenvalue weighted by Gasteiger charge is 1.98. The molecule has 4 heteroatoms. The molecule has 1 rings (SSSR count). The Kier molecular flexibility index (Phi) is 1.75. The lowest BCUT2D eigenvalue weighted by Crippen LogP contribution is -2.03. The summed E-state index contributed by atoms with van der Waals surface area (Å²) < 4.78 is 0. The first-order valence-corrected chi connectivity index (χ1v) is 2.50. The fourth-order valence-corrected chi connectivity index (χ4v) is 0.494. The van der Waals surface area contributed by atoms with E-state index in [4.69, 9.17) is 0 Å². The van der Waals surface area contributed by atoms with Gasteiger partial charge in [0, 0.05) is 0 Å². The Balaban J connectivity index is 2.57.